The van der Waals surface area contributed by atoms with Crippen LogP contribution in [0.4, 0.5) is 11.5 Å². The van der Waals surface area contributed by atoms with Crippen LogP contribution in [-0.2, 0) is 4.74 Å². The SMILES string of the molecule is CNC(=O)c1ccc(=S)[nH]c1Nc1ccc(C(=O)N2CCOCC2)cc1. The quantitative estimate of drug-likeness (QED) is 0.717. The number of benzene rings is 1. The number of hydrogen-bond donors (Lipinski definition) is 3. The highest BCUT2D eigenvalue weighted by molar-refractivity contribution is 7.71. The average Bonchev–Trinajstić information content (AvgIpc) is 2.68. The Morgan fingerprint density at radius 3 is 2.46 bits per heavy atom. The van der Waals surface area contributed by atoms with Crippen molar-refractivity contribution in [2.75, 3.05) is 38.7 Å². The number of morpholine rings is 1. The zero-order valence-corrected chi connectivity index (χ0v) is 15.2. The Morgan fingerprint density at radius 2 is 1.81 bits per heavy atom. The van der Waals surface area contributed by atoms with Crippen LogP contribution >= 0.6 is 12.2 Å². The van der Waals surface area contributed by atoms with E-state index in [0.29, 0.717) is 47.9 Å². The van der Waals surface area contributed by atoms with Crippen molar-refractivity contribution < 1.29 is 14.3 Å². The van der Waals surface area contributed by atoms with E-state index in [0.717, 1.165) is 5.69 Å². The van der Waals surface area contributed by atoms with Gasteiger partial charge in [-0.05, 0) is 36.4 Å². The summed E-state index contributed by atoms with van der Waals surface area (Å²) in [7, 11) is 1.57. The zero-order valence-electron chi connectivity index (χ0n) is 14.4. The topological polar surface area (TPSA) is 86.5 Å². The van der Waals surface area contributed by atoms with Crippen LogP contribution in [0.3, 0.4) is 0 Å². The summed E-state index contributed by atoms with van der Waals surface area (Å²) in [5.41, 5.74) is 1.81. The summed E-state index contributed by atoms with van der Waals surface area (Å²) in [5.74, 6) is 0.270. The van der Waals surface area contributed by atoms with Gasteiger partial charge in [0.15, 0.2) is 0 Å². The molecule has 1 saturated heterocycles. The lowest BCUT2D eigenvalue weighted by Gasteiger charge is -2.26. The van der Waals surface area contributed by atoms with Gasteiger partial charge in [-0.15, -0.1) is 0 Å². The molecule has 1 aliphatic heterocycles. The van der Waals surface area contributed by atoms with Gasteiger partial charge in [0.05, 0.1) is 18.8 Å². The predicted octanol–water partition coefficient (Wildman–Crippen LogP) is 2.32. The molecule has 136 valence electrons. The molecule has 2 amide bonds. The molecule has 3 rings (SSSR count). The van der Waals surface area contributed by atoms with Crippen molar-refractivity contribution in [2.24, 2.45) is 0 Å². The summed E-state index contributed by atoms with van der Waals surface area (Å²) in [6, 6.07) is 10.4. The number of hydrogen-bond acceptors (Lipinski definition) is 5. The molecule has 1 fully saturated rings. The third kappa shape index (κ3) is 4.09. The lowest BCUT2D eigenvalue weighted by Crippen LogP contribution is -2.40. The van der Waals surface area contributed by atoms with Crippen molar-refractivity contribution in [2.45, 2.75) is 0 Å². The first kappa shape index (κ1) is 18.1. The van der Waals surface area contributed by atoms with E-state index in [1.54, 1.807) is 48.3 Å². The Kier molecular flexibility index (Phi) is 5.65. The molecular formula is C18H20N4O3S. The minimum Gasteiger partial charge on any atom is -0.378 e. The van der Waals surface area contributed by atoms with Crippen molar-refractivity contribution >= 4 is 35.5 Å². The van der Waals surface area contributed by atoms with Crippen LogP contribution in [-0.4, -0.2) is 55.0 Å². The molecule has 0 atom stereocenters. The second-order valence-electron chi connectivity index (χ2n) is 5.80. The number of anilines is 2. The Hall–Kier alpha value is -2.71. The smallest absolute Gasteiger partial charge is 0.254 e. The minimum absolute atomic E-state index is 0.00924. The van der Waals surface area contributed by atoms with Crippen LogP contribution in [0.2, 0.25) is 0 Å². The van der Waals surface area contributed by atoms with Crippen LogP contribution < -0.4 is 10.6 Å². The molecule has 1 aromatic carbocycles. The summed E-state index contributed by atoms with van der Waals surface area (Å²) in [4.78, 5) is 29.2. The summed E-state index contributed by atoms with van der Waals surface area (Å²) >= 11 is 5.14. The van der Waals surface area contributed by atoms with Crippen LogP contribution in [0, 0.1) is 4.64 Å². The molecule has 2 heterocycles. The van der Waals surface area contributed by atoms with Crippen LogP contribution in [0.25, 0.3) is 0 Å². The van der Waals surface area contributed by atoms with Gasteiger partial charge in [0.25, 0.3) is 11.8 Å². The van der Waals surface area contributed by atoms with Gasteiger partial charge in [-0.1, -0.05) is 12.2 Å². The lowest BCUT2D eigenvalue weighted by atomic mass is 10.1. The summed E-state index contributed by atoms with van der Waals surface area (Å²) in [6.07, 6.45) is 0. The van der Waals surface area contributed by atoms with Crippen LogP contribution in [0.15, 0.2) is 36.4 Å². The maximum Gasteiger partial charge on any atom is 0.254 e. The van der Waals surface area contributed by atoms with Gasteiger partial charge in [0.1, 0.15) is 10.5 Å². The number of rotatable bonds is 4. The van der Waals surface area contributed by atoms with Gasteiger partial charge in [0, 0.05) is 31.4 Å². The van der Waals surface area contributed by atoms with Crippen LogP contribution in [0.5, 0.6) is 0 Å². The predicted molar refractivity (Wildman–Crippen MR) is 101 cm³/mol. The molecule has 0 aliphatic carbocycles. The summed E-state index contributed by atoms with van der Waals surface area (Å²) < 4.78 is 5.79. The first-order chi connectivity index (χ1) is 12.6. The number of nitrogens with one attached hydrogen (secondary N) is 3. The van der Waals surface area contributed by atoms with Crippen molar-refractivity contribution in [3.8, 4) is 0 Å². The maximum atomic E-state index is 12.5. The summed E-state index contributed by atoms with van der Waals surface area (Å²) in [5, 5.41) is 5.74. The minimum atomic E-state index is -0.224. The van der Waals surface area contributed by atoms with Crippen molar-refractivity contribution in [1.82, 2.24) is 15.2 Å². The first-order valence-corrected chi connectivity index (χ1v) is 8.69. The number of carbonyl (C=O) groups is 2. The van der Waals surface area contributed by atoms with E-state index < -0.39 is 0 Å². The van der Waals surface area contributed by atoms with Gasteiger partial charge in [-0.3, -0.25) is 9.59 Å². The van der Waals surface area contributed by atoms with E-state index in [9.17, 15) is 9.59 Å². The number of pyridine rings is 1. The zero-order chi connectivity index (χ0) is 18.5. The molecule has 0 bridgehead atoms. The van der Waals surface area contributed by atoms with E-state index in [1.807, 2.05) is 0 Å². The van der Waals surface area contributed by atoms with E-state index in [4.69, 9.17) is 17.0 Å². The first-order valence-electron chi connectivity index (χ1n) is 8.28. The molecule has 7 nitrogen and oxygen atoms in total. The lowest BCUT2D eigenvalue weighted by molar-refractivity contribution is 0.0303. The van der Waals surface area contributed by atoms with E-state index in [2.05, 4.69) is 15.6 Å². The maximum absolute atomic E-state index is 12.5. The molecule has 0 unspecified atom stereocenters. The molecular weight excluding hydrogens is 352 g/mol. The Morgan fingerprint density at radius 1 is 1.12 bits per heavy atom. The van der Waals surface area contributed by atoms with Gasteiger partial charge < -0.3 is 25.3 Å². The number of ether oxygens (including phenoxy) is 1. The number of carbonyl (C=O) groups excluding carboxylic acids is 2. The third-order valence-electron chi connectivity index (χ3n) is 4.09. The largest absolute Gasteiger partial charge is 0.378 e. The van der Waals surface area contributed by atoms with Crippen LogP contribution in [0.1, 0.15) is 20.7 Å². The molecule has 0 spiro atoms. The number of amides is 2. The van der Waals surface area contributed by atoms with Crippen molar-refractivity contribution in [3.05, 3.63) is 52.2 Å². The number of H-pyrrole nitrogens is 1. The number of aromatic nitrogens is 1. The number of nitrogens with zero attached hydrogens (tertiary/aromatic N) is 1. The highest BCUT2D eigenvalue weighted by Crippen LogP contribution is 2.20. The van der Waals surface area contributed by atoms with E-state index in [-0.39, 0.29) is 11.8 Å². The second-order valence-corrected chi connectivity index (χ2v) is 6.24. The fourth-order valence-corrected chi connectivity index (χ4v) is 2.86. The van der Waals surface area contributed by atoms with Gasteiger partial charge in [0.2, 0.25) is 0 Å². The molecule has 8 heteroatoms. The Balaban J connectivity index is 1.77. The molecule has 2 aromatic rings. The third-order valence-corrected chi connectivity index (χ3v) is 4.33. The van der Waals surface area contributed by atoms with Gasteiger partial charge in [-0.25, -0.2) is 0 Å². The fraction of sp³-hybridized carbons (Fsp3) is 0.278. The highest BCUT2D eigenvalue weighted by Gasteiger charge is 2.18. The molecule has 1 aliphatic rings. The van der Waals surface area contributed by atoms with Crippen molar-refractivity contribution in [3.63, 3.8) is 0 Å². The number of aromatic amines is 1. The fourth-order valence-electron chi connectivity index (χ4n) is 2.69. The monoisotopic (exact) mass is 372 g/mol. The normalized spacial score (nSPS) is 14.0. The van der Waals surface area contributed by atoms with Gasteiger partial charge in [-0.2, -0.15) is 0 Å². The van der Waals surface area contributed by atoms with Crippen molar-refractivity contribution in [1.29, 1.82) is 0 Å². The molecule has 26 heavy (non-hydrogen) atoms. The van der Waals surface area contributed by atoms with E-state index in [1.165, 1.54) is 0 Å². The Labute approximate surface area is 156 Å². The standard InChI is InChI=1S/C18H20N4O3S/c1-19-17(23)14-6-7-15(26)21-16(14)20-13-4-2-12(3-5-13)18(24)22-8-10-25-11-9-22/h2-7H,8-11H2,1H3,(H,19,23)(H2,20,21,26). The molecule has 3 N–H and O–H groups in total. The molecule has 0 saturated carbocycles. The average molecular weight is 372 g/mol. The highest BCUT2D eigenvalue weighted by atomic mass is 32.1. The molecule has 1 aromatic heterocycles. The molecule has 0 radical (unpaired) electrons. The Bertz CT molecular complexity index is 857. The summed E-state index contributed by atoms with van der Waals surface area (Å²) in [6.45, 7) is 2.35. The van der Waals surface area contributed by atoms with E-state index >= 15 is 0 Å². The van der Waals surface area contributed by atoms with Gasteiger partial charge >= 0.3 is 0 Å². The second kappa shape index (κ2) is 8.11.